The molecule has 0 aliphatic carbocycles. The predicted molar refractivity (Wildman–Crippen MR) is 57.1 cm³/mol. The molecule has 0 saturated carbocycles. The van der Waals surface area contributed by atoms with Crippen molar-refractivity contribution in [2.75, 3.05) is 0 Å². The van der Waals surface area contributed by atoms with Gasteiger partial charge in [-0.2, -0.15) is 4.39 Å². The maximum absolute atomic E-state index is 12.9. The van der Waals surface area contributed by atoms with E-state index in [0.717, 1.165) is 11.2 Å². The lowest BCUT2D eigenvalue weighted by Gasteiger charge is -1.99. The summed E-state index contributed by atoms with van der Waals surface area (Å²) in [6.45, 7) is 0. The second kappa shape index (κ2) is 3.37. The van der Waals surface area contributed by atoms with E-state index in [0.29, 0.717) is 11.3 Å². The van der Waals surface area contributed by atoms with E-state index in [2.05, 4.69) is 19.9 Å². The molecule has 3 aromatic rings. The van der Waals surface area contributed by atoms with Crippen LogP contribution in [-0.2, 0) is 0 Å². The fraction of sp³-hybridized carbons (Fsp3) is 0. The van der Waals surface area contributed by atoms with Crippen LogP contribution in [0, 0.1) is 5.95 Å². The fourth-order valence-corrected chi connectivity index (χ4v) is 1.53. The van der Waals surface area contributed by atoms with Gasteiger partial charge in [0.1, 0.15) is 5.52 Å². The van der Waals surface area contributed by atoms with Crippen molar-refractivity contribution in [1.29, 1.82) is 0 Å². The van der Waals surface area contributed by atoms with Crippen molar-refractivity contribution in [2.24, 2.45) is 0 Å². The first-order valence-electron chi connectivity index (χ1n) is 4.75. The minimum Gasteiger partial charge on any atom is -0.345 e. The second-order valence-corrected chi connectivity index (χ2v) is 3.33. The number of aromatic nitrogens is 4. The summed E-state index contributed by atoms with van der Waals surface area (Å²) < 4.78 is 12.9. The van der Waals surface area contributed by atoms with E-state index < -0.39 is 5.95 Å². The Morgan fingerprint density at radius 2 is 2.12 bits per heavy atom. The lowest BCUT2D eigenvalue weighted by atomic mass is 10.2. The van der Waals surface area contributed by atoms with Crippen LogP contribution < -0.4 is 0 Å². The van der Waals surface area contributed by atoms with E-state index in [-0.39, 0.29) is 0 Å². The zero-order valence-electron chi connectivity index (χ0n) is 8.18. The van der Waals surface area contributed by atoms with E-state index in [4.69, 9.17) is 0 Å². The minimum absolute atomic E-state index is 0.520. The van der Waals surface area contributed by atoms with Crippen molar-refractivity contribution in [3.63, 3.8) is 0 Å². The Kier molecular flexibility index (Phi) is 1.89. The molecular formula is C11H7FN4. The van der Waals surface area contributed by atoms with Gasteiger partial charge in [-0.15, -0.1) is 0 Å². The molecular weight excluding hydrogens is 207 g/mol. The Bertz CT molecular complexity index is 647. The number of halogens is 1. The third-order valence-electron chi connectivity index (χ3n) is 2.28. The smallest absolute Gasteiger partial charge is 0.213 e. The maximum Gasteiger partial charge on any atom is 0.213 e. The van der Waals surface area contributed by atoms with E-state index in [1.54, 1.807) is 18.5 Å². The molecule has 0 amide bonds. The molecule has 0 aromatic carbocycles. The minimum atomic E-state index is -0.520. The third kappa shape index (κ3) is 1.42. The molecule has 1 N–H and O–H groups in total. The normalized spacial score (nSPS) is 10.8. The molecule has 0 aliphatic rings. The molecule has 3 aromatic heterocycles. The van der Waals surface area contributed by atoms with Crippen molar-refractivity contribution >= 4 is 11.2 Å². The lowest BCUT2D eigenvalue weighted by molar-refractivity contribution is 0.584. The summed E-state index contributed by atoms with van der Waals surface area (Å²) in [6, 6.07) is 4.86. The summed E-state index contributed by atoms with van der Waals surface area (Å²) in [5.41, 5.74) is 2.78. The van der Waals surface area contributed by atoms with Gasteiger partial charge in [-0.1, -0.05) is 0 Å². The molecule has 0 bridgehead atoms. The van der Waals surface area contributed by atoms with E-state index >= 15 is 0 Å². The van der Waals surface area contributed by atoms with Gasteiger partial charge in [0.2, 0.25) is 5.95 Å². The number of hydrogen-bond donors (Lipinski definition) is 1. The van der Waals surface area contributed by atoms with Crippen molar-refractivity contribution in [3.8, 4) is 11.3 Å². The number of fused-ring (bicyclic) bond motifs is 1. The van der Waals surface area contributed by atoms with Gasteiger partial charge >= 0.3 is 0 Å². The zero-order chi connectivity index (χ0) is 11.0. The molecule has 0 aliphatic heterocycles. The van der Waals surface area contributed by atoms with Crippen LogP contribution in [0.1, 0.15) is 0 Å². The molecule has 0 spiro atoms. The molecule has 0 atom stereocenters. The number of nitrogens with one attached hydrogen (secondary N) is 1. The van der Waals surface area contributed by atoms with E-state index in [1.807, 2.05) is 6.07 Å². The predicted octanol–water partition coefficient (Wildman–Crippen LogP) is 2.16. The summed E-state index contributed by atoms with van der Waals surface area (Å²) in [4.78, 5) is 15.0. The molecule has 78 valence electrons. The number of nitrogens with zero attached hydrogens (tertiary/aromatic N) is 3. The van der Waals surface area contributed by atoms with Gasteiger partial charge in [0.05, 0.1) is 11.9 Å². The van der Waals surface area contributed by atoms with E-state index in [9.17, 15) is 4.39 Å². The van der Waals surface area contributed by atoms with Crippen LogP contribution in [0.15, 0.2) is 36.8 Å². The zero-order valence-corrected chi connectivity index (χ0v) is 8.18. The first-order valence-corrected chi connectivity index (χ1v) is 4.75. The van der Waals surface area contributed by atoms with Crippen molar-refractivity contribution in [3.05, 3.63) is 42.7 Å². The first-order chi connectivity index (χ1) is 7.83. The Hall–Kier alpha value is -2.30. The van der Waals surface area contributed by atoms with E-state index in [1.165, 1.54) is 12.3 Å². The molecule has 0 fully saturated rings. The van der Waals surface area contributed by atoms with Gasteiger partial charge in [0.15, 0.2) is 5.65 Å². The van der Waals surface area contributed by atoms with Crippen molar-refractivity contribution in [1.82, 2.24) is 19.9 Å². The van der Waals surface area contributed by atoms with Gasteiger partial charge in [-0.25, -0.2) is 15.0 Å². The average molecular weight is 214 g/mol. The molecule has 5 heteroatoms. The highest BCUT2D eigenvalue weighted by molar-refractivity contribution is 5.73. The topological polar surface area (TPSA) is 54.5 Å². The monoisotopic (exact) mass is 214 g/mol. The fourth-order valence-electron chi connectivity index (χ4n) is 1.53. The van der Waals surface area contributed by atoms with Gasteiger partial charge in [-0.05, 0) is 12.1 Å². The first kappa shape index (κ1) is 8.96. The molecule has 3 heterocycles. The Balaban J connectivity index is 2.18. The van der Waals surface area contributed by atoms with Crippen LogP contribution >= 0.6 is 0 Å². The van der Waals surface area contributed by atoms with Crippen LogP contribution in [0.4, 0.5) is 4.39 Å². The van der Waals surface area contributed by atoms with Gasteiger partial charge in [0.25, 0.3) is 0 Å². The van der Waals surface area contributed by atoms with Crippen LogP contribution in [0.25, 0.3) is 22.4 Å². The third-order valence-corrected chi connectivity index (χ3v) is 2.28. The molecule has 16 heavy (non-hydrogen) atoms. The lowest BCUT2D eigenvalue weighted by Crippen LogP contribution is -1.89. The van der Waals surface area contributed by atoms with Crippen LogP contribution in [-0.4, -0.2) is 19.9 Å². The van der Waals surface area contributed by atoms with Crippen molar-refractivity contribution in [2.45, 2.75) is 0 Å². The van der Waals surface area contributed by atoms with Crippen molar-refractivity contribution < 1.29 is 4.39 Å². The largest absolute Gasteiger partial charge is 0.345 e. The summed E-state index contributed by atoms with van der Waals surface area (Å²) in [5, 5.41) is 0. The Labute approximate surface area is 90.2 Å². The van der Waals surface area contributed by atoms with Crippen LogP contribution in [0.3, 0.4) is 0 Å². The summed E-state index contributed by atoms with van der Waals surface area (Å²) in [7, 11) is 0. The Morgan fingerprint density at radius 1 is 1.19 bits per heavy atom. The van der Waals surface area contributed by atoms with Crippen LogP contribution in [0.5, 0.6) is 0 Å². The average Bonchev–Trinajstić information content (AvgIpc) is 2.75. The molecule has 0 radical (unpaired) electrons. The highest BCUT2D eigenvalue weighted by Crippen LogP contribution is 2.18. The highest BCUT2D eigenvalue weighted by Gasteiger charge is 2.04. The Morgan fingerprint density at radius 3 is 3.00 bits per heavy atom. The molecule has 3 rings (SSSR count). The quantitative estimate of drug-likeness (QED) is 0.631. The standard InChI is InChI=1S/C11H7FN4/c12-10-5-7(1-3-13-10)9-6-15-11-8(16-9)2-4-14-11/h1-6H,(H,14,15). The summed E-state index contributed by atoms with van der Waals surface area (Å²) >= 11 is 0. The number of rotatable bonds is 1. The number of H-pyrrole nitrogens is 1. The maximum atomic E-state index is 12.9. The van der Waals surface area contributed by atoms with Gasteiger partial charge < -0.3 is 4.98 Å². The van der Waals surface area contributed by atoms with Gasteiger partial charge in [-0.3, -0.25) is 0 Å². The second-order valence-electron chi connectivity index (χ2n) is 3.33. The molecule has 4 nitrogen and oxygen atoms in total. The number of hydrogen-bond acceptors (Lipinski definition) is 3. The van der Waals surface area contributed by atoms with Crippen LogP contribution in [0.2, 0.25) is 0 Å². The summed E-state index contributed by atoms with van der Waals surface area (Å²) in [6.07, 6.45) is 4.78. The van der Waals surface area contributed by atoms with Gasteiger partial charge in [0, 0.05) is 24.0 Å². The summed E-state index contributed by atoms with van der Waals surface area (Å²) in [5.74, 6) is -0.520. The molecule has 0 saturated heterocycles. The highest BCUT2D eigenvalue weighted by atomic mass is 19.1. The molecule has 0 unspecified atom stereocenters. The number of aromatic amines is 1. The number of pyridine rings is 1. The SMILES string of the molecule is Fc1cc(-c2cnc3[nH]ccc3n2)ccn1.